The number of carbonyl (C=O) groups is 1. The van der Waals surface area contributed by atoms with E-state index in [1.165, 1.54) is 0 Å². The van der Waals surface area contributed by atoms with E-state index in [0.29, 0.717) is 0 Å². The fourth-order valence-electron chi connectivity index (χ4n) is 0.322. The van der Waals surface area contributed by atoms with Gasteiger partial charge in [-0.25, -0.2) is 0 Å². The predicted molar refractivity (Wildman–Crippen MR) is 40.9 cm³/mol. The molecule has 1 N–H and O–H groups in total. The molecule has 0 spiro atoms. The van der Waals surface area contributed by atoms with Gasteiger partial charge in [-0.05, 0) is 11.6 Å². The number of carbonyl (C=O) groups excluding carboxylic acids is 1. The van der Waals surface area contributed by atoms with Crippen molar-refractivity contribution in [1.29, 1.82) is 0 Å². The first kappa shape index (κ1) is 10.4. The van der Waals surface area contributed by atoms with Gasteiger partial charge in [0.15, 0.2) is 0 Å². The smallest absolute Gasteiger partial charge is 0.222 e. The zero-order valence-electron chi connectivity index (χ0n) is 5.09. The van der Waals surface area contributed by atoms with Gasteiger partial charge in [0.25, 0.3) is 0 Å². The van der Waals surface area contributed by atoms with Gasteiger partial charge in [-0.1, -0.05) is 0 Å². The average molecular weight is 205 g/mol. The summed E-state index contributed by atoms with van der Waals surface area (Å²) in [5.41, 5.74) is -0.322. The van der Waals surface area contributed by atoms with Crippen LogP contribution >= 0.6 is 30.6 Å². The second-order valence-electron chi connectivity index (χ2n) is 1.79. The van der Waals surface area contributed by atoms with Gasteiger partial charge >= 0.3 is 0 Å². The average Bonchev–Trinajstić information content (AvgIpc) is 1.85. The van der Waals surface area contributed by atoms with Crippen molar-refractivity contribution in [2.75, 3.05) is 11.8 Å². The first-order chi connectivity index (χ1) is 4.48. The summed E-state index contributed by atoms with van der Waals surface area (Å²) in [6, 6.07) is 0. The summed E-state index contributed by atoms with van der Waals surface area (Å²) in [7, 11) is -3.27. The minimum absolute atomic E-state index is 0.0952. The Balaban J connectivity index is 3.68. The molecule has 0 fully saturated rings. The zero-order chi connectivity index (χ0) is 8.20. The van der Waals surface area contributed by atoms with Gasteiger partial charge in [0.05, 0.1) is 5.62 Å². The molecule has 10 heavy (non-hydrogen) atoms. The van der Waals surface area contributed by atoms with Crippen molar-refractivity contribution < 1.29 is 14.3 Å². The molecule has 0 rings (SSSR count). The molecule has 0 aliphatic carbocycles. The quantitative estimate of drug-likeness (QED) is 0.430. The Morgan fingerprint density at radius 3 is 2.40 bits per heavy atom. The lowest BCUT2D eigenvalue weighted by Gasteiger charge is -2.03. The molecule has 6 heteroatoms. The third-order valence-corrected chi connectivity index (χ3v) is 3.45. The summed E-state index contributed by atoms with van der Waals surface area (Å²) in [5, 5.41) is -0.612. The molecular weight excluding hydrogens is 198 g/mol. The van der Waals surface area contributed by atoms with E-state index in [1.54, 1.807) is 0 Å². The number of alkyl halides is 1. The van der Waals surface area contributed by atoms with E-state index in [-0.39, 0.29) is 18.2 Å². The minimum Gasteiger partial charge on any atom is -0.343 e. The molecule has 0 aromatic rings. The molecule has 0 amide bonds. The first-order valence-corrected chi connectivity index (χ1v) is 5.47. The van der Waals surface area contributed by atoms with Crippen molar-refractivity contribution in [1.82, 2.24) is 0 Å². The summed E-state index contributed by atoms with van der Waals surface area (Å²) in [4.78, 5) is 18.9. The van der Waals surface area contributed by atoms with Crippen LogP contribution in [-0.2, 0) is 9.36 Å². The Bertz CT molecular complexity index is 170. The molecule has 0 bridgehead atoms. The molecule has 0 aromatic carbocycles. The van der Waals surface area contributed by atoms with Crippen LogP contribution in [-0.4, -0.2) is 21.9 Å². The molecule has 3 nitrogen and oxygen atoms in total. The van der Waals surface area contributed by atoms with Crippen LogP contribution in [0.1, 0.15) is 6.42 Å². The maximum absolute atomic E-state index is 10.7. The summed E-state index contributed by atoms with van der Waals surface area (Å²) < 4.78 is 10.7. The summed E-state index contributed by atoms with van der Waals surface area (Å²) in [5.74, 6) is 0. The molecule has 0 saturated carbocycles. The summed E-state index contributed by atoms with van der Waals surface area (Å²) in [6.45, 7) is 0. The van der Waals surface area contributed by atoms with E-state index in [2.05, 4.69) is 0 Å². The van der Waals surface area contributed by atoms with Gasteiger partial charge < -0.3 is 4.89 Å². The largest absolute Gasteiger partial charge is 0.343 e. The molecule has 1 atom stereocenters. The topological polar surface area (TPSA) is 54.4 Å². The lowest BCUT2D eigenvalue weighted by atomic mass is 10.6. The van der Waals surface area contributed by atoms with E-state index < -0.39 is 12.6 Å². The van der Waals surface area contributed by atoms with Gasteiger partial charge in [-0.3, -0.25) is 9.36 Å². The summed E-state index contributed by atoms with van der Waals surface area (Å²) in [6.07, 6.45) is -0.221. The molecule has 1 unspecified atom stereocenters. The highest BCUT2D eigenvalue weighted by Crippen LogP contribution is 2.41. The van der Waals surface area contributed by atoms with Crippen molar-refractivity contribution in [3.8, 4) is 0 Å². The molecule has 0 aliphatic heterocycles. The molecule has 0 heterocycles. The Hall–Kier alpha value is 0.440. The van der Waals surface area contributed by atoms with Crippen molar-refractivity contribution in [3.63, 3.8) is 0 Å². The maximum Gasteiger partial charge on any atom is 0.222 e. The van der Waals surface area contributed by atoms with Gasteiger partial charge in [0, 0.05) is 12.6 Å². The molecule has 0 saturated heterocycles. The second kappa shape index (κ2) is 4.35. The van der Waals surface area contributed by atoms with Crippen LogP contribution in [0, 0.1) is 0 Å². The second-order valence-corrected chi connectivity index (χ2v) is 5.31. The van der Waals surface area contributed by atoms with Crippen molar-refractivity contribution in [3.05, 3.63) is 0 Å². The molecular formula is C4H7Cl2O3P. The monoisotopic (exact) mass is 204 g/mol. The number of halogens is 2. The lowest BCUT2D eigenvalue weighted by molar-refractivity contribution is -0.111. The van der Waals surface area contributed by atoms with E-state index in [4.69, 9.17) is 28.1 Å². The van der Waals surface area contributed by atoms with Gasteiger partial charge in [0.2, 0.25) is 12.6 Å². The van der Waals surface area contributed by atoms with Crippen LogP contribution in [0.2, 0.25) is 0 Å². The lowest BCUT2D eigenvalue weighted by Crippen LogP contribution is -1.95. The Kier molecular flexibility index (Phi) is 4.54. The van der Waals surface area contributed by atoms with Crippen LogP contribution in [0.25, 0.3) is 0 Å². The maximum atomic E-state index is 10.7. The third kappa shape index (κ3) is 5.24. The van der Waals surface area contributed by atoms with Gasteiger partial charge in [-0.15, -0.1) is 11.6 Å². The Labute approximate surface area is 68.8 Å². The SMILES string of the molecule is O=C(Cl)CCP(=O)(O)CCl. The third-order valence-electron chi connectivity index (χ3n) is 0.845. The standard InChI is InChI=1S/C4H7Cl2O3P/c5-3-10(8,9)2-1-4(6)7/h1-3H2,(H,8,9). The van der Waals surface area contributed by atoms with Crippen molar-refractivity contribution in [2.45, 2.75) is 6.42 Å². The number of hydrogen-bond acceptors (Lipinski definition) is 2. The highest BCUT2D eigenvalue weighted by Gasteiger charge is 2.16. The van der Waals surface area contributed by atoms with Crippen molar-refractivity contribution >= 4 is 35.8 Å². The number of hydrogen-bond donors (Lipinski definition) is 1. The van der Waals surface area contributed by atoms with Gasteiger partial charge in [0.1, 0.15) is 0 Å². The van der Waals surface area contributed by atoms with Crippen LogP contribution in [0.4, 0.5) is 0 Å². The van der Waals surface area contributed by atoms with E-state index in [9.17, 15) is 9.36 Å². The van der Waals surface area contributed by atoms with Crippen LogP contribution < -0.4 is 0 Å². The number of rotatable bonds is 4. The molecule has 0 aromatic heterocycles. The molecule has 60 valence electrons. The summed E-state index contributed by atoms with van der Waals surface area (Å²) >= 11 is 10.0. The predicted octanol–water partition coefficient (Wildman–Crippen LogP) is 1.61. The van der Waals surface area contributed by atoms with Gasteiger partial charge in [-0.2, -0.15) is 0 Å². The van der Waals surface area contributed by atoms with E-state index >= 15 is 0 Å². The fraction of sp³-hybridized carbons (Fsp3) is 0.750. The van der Waals surface area contributed by atoms with Crippen LogP contribution in [0.5, 0.6) is 0 Å². The molecule has 0 aliphatic rings. The minimum atomic E-state index is -3.27. The van der Waals surface area contributed by atoms with E-state index in [1.807, 2.05) is 0 Å². The Morgan fingerprint density at radius 2 is 2.10 bits per heavy atom. The van der Waals surface area contributed by atoms with Crippen molar-refractivity contribution in [2.24, 2.45) is 0 Å². The van der Waals surface area contributed by atoms with Crippen LogP contribution in [0.15, 0.2) is 0 Å². The van der Waals surface area contributed by atoms with E-state index in [0.717, 1.165) is 0 Å². The zero-order valence-corrected chi connectivity index (χ0v) is 7.49. The highest BCUT2D eigenvalue weighted by molar-refractivity contribution is 7.59. The molecule has 0 radical (unpaired) electrons. The first-order valence-electron chi connectivity index (χ1n) is 2.53. The normalized spacial score (nSPS) is 16.3. The Morgan fingerprint density at radius 1 is 1.60 bits per heavy atom. The van der Waals surface area contributed by atoms with Crippen LogP contribution in [0.3, 0.4) is 0 Å². The highest BCUT2D eigenvalue weighted by atomic mass is 35.5. The fourth-order valence-corrected chi connectivity index (χ4v) is 1.58.